The van der Waals surface area contributed by atoms with Gasteiger partial charge in [-0.1, -0.05) is 12.5 Å². The lowest BCUT2D eigenvalue weighted by Crippen LogP contribution is -2.35. The summed E-state index contributed by atoms with van der Waals surface area (Å²) in [6.07, 6.45) is 2.93. The lowest BCUT2D eigenvalue weighted by Gasteiger charge is -2.25. The Bertz CT molecular complexity index is 897. The summed E-state index contributed by atoms with van der Waals surface area (Å²) >= 11 is 1.23. The summed E-state index contributed by atoms with van der Waals surface area (Å²) in [7, 11) is -3.40. The van der Waals surface area contributed by atoms with Gasteiger partial charge in [-0.3, -0.25) is 4.79 Å². The largest absolute Gasteiger partial charge is 0.347 e. The Morgan fingerprint density at radius 3 is 2.50 bits per heavy atom. The molecule has 1 saturated heterocycles. The zero-order chi connectivity index (χ0) is 18.7. The average Bonchev–Trinajstić information content (AvgIpc) is 3.12. The molecule has 1 N–H and O–H groups in total. The molecule has 1 aromatic heterocycles. The van der Waals surface area contributed by atoms with Gasteiger partial charge in [-0.25, -0.2) is 8.42 Å². The fourth-order valence-corrected chi connectivity index (χ4v) is 5.94. The number of rotatable bonds is 5. The van der Waals surface area contributed by atoms with Gasteiger partial charge in [0.1, 0.15) is 4.21 Å². The van der Waals surface area contributed by atoms with Crippen LogP contribution in [0.1, 0.15) is 45.6 Å². The number of carbonyl (C=O) groups excluding carboxylic acids is 1. The van der Waals surface area contributed by atoms with Gasteiger partial charge in [-0.15, -0.1) is 11.3 Å². The Kier molecular flexibility index (Phi) is 5.79. The first-order chi connectivity index (χ1) is 12.4. The van der Waals surface area contributed by atoms with E-state index in [4.69, 9.17) is 0 Å². The molecule has 26 heavy (non-hydrogen) atoms. The predicted molar refractivity (Wildman–Crippen MR) is 104 cm³/mol. The molecule has 0 bridgehead atoms. The Morgan fingerprint density at radius 1 is 1.08 bits per heavy atom. The summed E-state index contributed by atoms with van der Waals surface area (Å²) in [4.78, 5) is 13.1. The molecule has 1 fully saturated rings. The summed E-state index contributed by atoms with van der Waals surface area (Å²) in [6.45, 7) is 5.50. The van der Waals surface area contributed by atoms with Crippen LogP contribution in [0.5, 0.6) is 0 Å². The second-order valence-electron chi connectivity index (χ2n) is 6.67. The van der Waals surface area contributed by atoms with E-state index in [0.29, 0.717) is 29.4 Å². The lowest BCUT2D eigenvalue weighted by atomic mass is 10.1. The minimum absolute atomic E-state index is 0.151. The van der Waals surface area contributed by atoms with Crippen LogP contribution in [-0.4, -0.2) is 31.7 Å². The molecule has 0 atom stereocenters. The van der Waals surface area contributed by atoms with Crippen molar-refractivity contribution in [2.75, 3.05) is 13.1 Å². The van der Waals surface area contributed by atoms with Gasteiger partial charge in [-0.2, -0.15) is 4.31 Å². The van der Waals surface area contributed by atoms with E-state index >= 15 is 0 Å². The molecule has 3 rings (SSSR count). The molecule has 7 heteroatoms. The number of carbonyl (C=O) groups is 1. The number of thiophene rings is 1. The first-order valence-electron chi connectivity index (χ1n) is 8.82. The van der Waals surface area contributed by atoms with Crippen LogP contribution < -0.4 is 5.32 Å². The molecule has 2 aromatic rings. The summed E-state index contributed by atoms with van der Waals surface area (Å²) in [5.41, 5.74) is 2.84. The summed E-state index contributed by atoms with van der Waals surface area (Å²) in [6, 6.07) is 9.02. The van der Waals surface area contributed by atoms with Crippen molar-refractivity contribution in [3.8, 4) is 0 Å². The van der Waals surface area contributed by atoms with Gasteiger partial charge in [0.15, 0.2) is 0 Å². The normalized spacial score (nSPS) is 15.8. The van der Waals surface area contributed by atoms with Gasteiger partial charge in [0.05, 0.1) is 6.54 Å². The van der Waals surface area contributed by atoms with Crippen LogP contribution in [-0.2, 0) is 16.6 Å². The van der Waals surface area contributed by atoms with E-state index in [-0.39, 0.29) is 5.91 Å². The molecule has 0 spiro atoms. The number of nitrogens with zero attached hydrogens (tertiary/aromatic N) is 1. The van der Waals surface area contributed by atoms with Crippen molar-refractivity contribution in [1.82, 2.24) is 9.62 Å². The topological polar surface area (TPSA) is 66.5 Å². The van der Waals surface area contributed by atoms with Crippen molar-refractivity contribution in [2.24, 2.45) is 0 Å². The molecule has 2 heterocycles. The summed E-state index contributed by atoms with van der Waals surface area (Å²) in [5.74, 6) is -0.151. The molecule has 1 aliphatic heterocycles. The third-order valence-corrected chi connectivity index (χ3v) is 8.19. The Hall–Kier alpha value is -1.70. The van der Waals surface area contributed by atoms with Crippen LogP contribution >= 0.6 is 11.3 Å². The van der Waals surface area contributed by atoms with Crippen molar-refractivity contribution < 1.29 is 13.2 Å². The molecule has 140 valence electrons. The smallest absolute Gasteiger partial charge is 0.252 e. The zero-order valence-electron chi connectivity index (χ0n) is 15.1. The number of aryl methyl sites for hydroxylation is 2. The lowest BCUT2D eigenvalue weighted by molar-refractivity contribution is 0.0951. The third kappa shape index (κ3) is 4.16. The van der Waals surface area contributed by atoms with Crippen molar-refractivity contribution >= 4 is 27.3 Å². The maximum atomic E-state index is 12.7. The van der Waals surface area contributed by atoms with Gasteiger partial charge in [0, 0.05) is 23.5 Å². The number of benzene rings is 1. The first kappa shape index (κ1) is 19.1. The number of sulfonamides is 1. The van der Waals surface area contributed by atoms with E-state index in [1.807, 2.05) is 26.0 Å². The molecular weight excluding hydrogens is 368 g/mol. The molecule has 5 nitrogen and oxygen atoms in total. The van der Waals surface area contributed by atoms with Crippen molar-refractivity contribution in [2.45, 2.75) is 43.9 Å². The monoisotopic (exact) mass is 392 g/mol. The standard InChI is InChI=1S/C19H24N2O3S2/c1-14-6-7-16(12-15(14)2)19(22)20-13-17-8-9-18(25-17)26(23,24)21-10-4-3-5-11-21/h6-9,12H,3-5,10-11,13H2,1-2H3,(H,20,22). The quantitative estimate of drug-likeness (QED) is 0.847. The predicted octanol–water partition coefficient (Wildman–Crippen LogP) is 3.47. The molecule has 0 unspecified atom stereocenters. The minimum Gasteiger partial charge on any atom is -0.347 e. The number of hydrogen-bond acceptors (Lipinski definition) is 4. The fraction of sp³-hybridized carbons (Fsp3) is 0.421. The Balaban J connectivity index is 1.64. The zero-order valence-corrected chi connectivity index (χ0v) is 16.8. The van der Waals surface area contributed by atoms with Crippen LogP contribution in [0.3, 0.4) is 0 Å². The van der Waals surface area contributed by atoms with Crippen LogP contribution in [0, 0.1) is 13.8 Å². The molecule has 1 aliphatic rings. The SMILES string of the molecule is Cc1ccc(C(=O)NCc2ccc(S(=O)(=O)N3CCCCC3)s2)cc1C. The maximum Gasteiger partial charge on any atom is 0.252 e. The Labute approximate surface area is 159 Å². The molecule has 1 amide bonds. The van der Waals surface area contributed by atoms with Gasteiger partial charge in [0.25, 0.3) is 15.9 Å². The molecule has 0 saturated carbocycles. The van der Waals surface area contributed by atoms with Crippen molar-refractivity contribution in [3.05, 3.63) is 51.9 Å². The van der Waals surface area contributed by atoms with Crippen LogP contribution in [0.15, 0.2) is 34.5 Å². The van der Waals surface area contributed by atoms with E-state index < -0.39 is 10.0 Å². The van der Waals surface area contributed by atoms with Crippen molar-refractivity contribution in [3.63, 3.8) is 0 Å². The summed E-state index contributed by atoms with van der Waals surface area (Å²) in [5, 5.41) is 2.87. The molecule has 0 radical (unpaired) electrons. The van der Waals surface area contributed by atoms with Crippen molar-refractivity contribution in [1.29, 1.82) is 0 Å². The van der Waals surface area contributed by atoms with E-state index in [1.54, 1.807) is 22.5 Å². The number of amides is 1. The molecular formula is C19H24N2O3S2. The van der Waals surface area contributed by atoms with E-state index in [9.17, 15) is 13.2 Å². The van der Waals surface area contributed by atoms with E-state index in [2.05, 4.69) is 5.32 Å². The highest BCUT2D eigenvalue weighted by Crippen LogP contribution is 2.27. The van der Waals surface area contributed by atoms with E-state index in [0.717, 1.165) is 35.3 Å². The van der Waals surface area contributed by atoms with Gasteiger partial charge < -0.3 is 5.32 Å². The minimum atomic E-state index is -3.40. The summed E-state index contributed by atoms with van der Waals surface area (Å²) < 4.78 is 27.3. The van der Waals surface area contributed by atoms with Crippen LogP contribution in [0.25, 0.3) is 0 Å². The van der Waals surface area contributed by atoms with Crippen LogP contribution in [0.2, 0.25) is 0 Å². The van der Waals surface area contributed by atoms with E-state index in [1.165, 1.54) is 11.3 Å². The van der Waals surface area contributed by atoms with Gasteiger partial charge >= 0.3 is 0 Å². The fourth-order valence-electron chi connectivity index (χ4n) is 2.98. The van der Waals surface area contributed by atoms with Gasteiger partial charge in [0.2, 0.25) is 0 Å². The number of hydrogen-bond donors (Lipinski definition) is 1. The molecule has 1 aromatic carbocycles. The highest BCUT2D eigenvalue weighted by Gasteiger charge is 2.27. The third-order valence-electron chi connectivity index (χ3n) is 4.74. The Morgan fingerprint density at radius 2 is 1.81 bits per heavy atom. The number of nitrogens with one attached hydrogen (secondary N) is 1. The maximum absolute atomic E-state index is 12.7. The highest BCUT2D eigenvalue weighted by molar-refractivity contribution is 7.91. The second kappa shape index (κ2) is 7.90. The first-order valence-corrected chi connectivity index (χ1v) is 11.1. The van der Waals surface area contributed by atoms with Gasteiger partial charge in [-0.05, 0) is 62.1 Å². The molecule has 0 aliphatic carbocycles. The highest BCUT2D eigenvalue weighted by atomic mass is 32.2. The average molecular weight is 393 g/mol. The second-order valence-corrected chi connectivity index (χ2v) is 10.0. The number of piperidine rings is 1. The van der Waals surface area contributed by atoms with Crippen LogP contribution in [0.4, 0.5) is 0 Å².